The molecule has 0 aliphatic carbocycles. The van der Waals surface area contributed by atoms with Crippen LogP contribution < -0.4 is 0 Å². The Morgan fingerprint density at radius 3 is 2.24 bits per heavy atom. The third kappa shape index (κ3) is 2.70. The summed E-state index contributed by atoms with van der Waals surface area (Å²) in [6, 6.07) is 23.1. The fourth-order valence-electron chi connectivity index (χ4n) is 2.42. The van der Waals surface area contributed by atoms with E-state index in [2.05, 4.69) is 0 Å². The van der Waals surface area contributed by atoms with Gasteiger partial charge < -0.3 is 5.11 Å². The lowest BCUT2D eigenvalue weighted by Crippen LogP contribution is -1.99. The SMILES string of the molecule is O=C(O)/C(=C/c1cccc2ccccc12)c1ccccc1. The Morgan fingerprint density at radius 1 is 0.810 bits per heavy atom. The molecule has 0 bridgehead atoms. The number of carboxylic acid groups (broad SMARTS) is 1. The Bertz CT molecular complexity index is 812. The minimum Gasteiger partial charge on any atom is -0.478 e. The fourth-order valence-corrected chi connectivity index (χ4v) is 2.42. The lowest BCUT2D eigenvalue weighted by molar-refractivity contribution is -0.130. The summed E-state index contributed by atoms with van der Waals surface area (Å²) in [5, 5.41) is 11.6. The number of carbonyl (C=O) groups is 1. The lowest BCUT2D eigenvalue weighted by Gasteiger charge is -2.06. The van der Waals surface area contributed by atoms with Gasteiger partial charge in [-0.1, -0.05) is 72.8 Å². The van der Waals surface area contributed by atoms with Gasteiger partial charge in [0, 0.05) is 0 Å². The first-order valence-corrected chi connectivity index (χ1v) is 6.74. The first-order valence-electron chi connectivity index (χ1n) is 6.74. The second-order valence-electron chi connectivity index (χ2n) is 4.80. The van der Waals surface area contributed by atoms with Crippen molar-refractivity contribution in [3.05, 3.63) is 83.9 Å². The smallest absolute Gasteiger partial charge is 0.336 e. The lowest BCUT2D eigenvalue weighted by atomic mass is 9.99. The molecule has 0 unspecified atom stereocenters. The molecule has 1 N–H and O–H groups in total. The molecule has 3 aromatic carbocycles. The highest BCUT2D eigenvalue weighted by Gasteiger charge is 2.10. The van der Waals surface area contributed by atoms with E-state index >= 15 is 0 Å². The molecule has 2 heteroatoms. The number of carboxylic acids is 1. The molecule has 3 rings (SSSR count). The highest BCUT2D eigenvalue weighted by molar-refractivity contribution is 6.21. The van der Waals surface area contributed by atoms with E-state index in [0.29, 0.717) is 11.1 Å². The Hall–Kier alpha value is -2.87. The summed E-state index contributed by atoms with van der Waals surface area (Å²) < 4.78 is 0. The highest BCUT2D eigenvalue weighted by atomic mass is 16.4. The average molecular weight is 274 g/mol. The van der Waals surface area contributed by atoms with Crippen LogP contribution in [0.1, 0.15) is 11.1 Å². The molecule has 0 aromatic heterocycles. The molecular formula is C19H14O2. The van der Waals surface area contributed by atoms with E-state index in [1.807, 2.05) is 72.8 Å². The van der Waals surface area contributed by atoms with Gasteiger partial charge >= 0.3 is 5.97 Å². The van der Waals surface area contributed by atoms with E-state index in [1.54, 1.807) is 6.08 Å². The minimum absolute atomic E-state index is 0.298. The number of benzene rings is 3. The van der Waals surface area contributed by atoms with Crippen molar-refractivity contribution >= 4 is 28.4 Å². The molecular weight excluding hydrogens is 260 g/mol. The molecule has 0 saturated carbocycles. The number of hydrogen-bond acceptors (Lipinski definition) is 1. The van der Waals surface area contributed by atoms with Crippen molar-refractivity contribution < 1.29 is 9.90 Å². The summed E-state index contributed by atoms with van der Waals surface area (Å²) in [5.41, 5.74) is 1.92. The number of aliphatic carboxylic acids is 1. The first kappa shape index (κ1) is 13.1. The van der Waals surface area contributed by atoms with Crippen LogP contribution in [0, 0.1) is 0 Å². The second kappa shape index (κ2) is 5.63. The van der Waals surface area contributed by atoms with Crippen LogP contribution in [0.3, 0.4) is 0 Å². The van der Waals surface area contributed by atoms with Crippen molar-refractivity contribution in [2.75, 3.05) is 0 Å². The standard InChI is InChI=1S/C19H14O2/c20-19(21)18(15-7-2-1-3-8-15)13-16-11-6-10-14-9-4-5-12-17(14)16/h1-13H,(H,20,21)/b18-13+. The molecule has 102 valence electrons. The quantitative estimate of drug-likeness (QED) is 0.565. The van der Waals surface area contributed by atoms with E-state index in [1.165, 1.54) is 0 Å². The van der Waals surface area contributed by atoms with Gasteiger partial charge in [-0.15, -0.1) is 0 Å². The molecule has 0 fully saturated rings. The van der Waals surface area contributed by atoms with Crippen molar-refractivity contribution in [2.45, 2.75) is 0 Å². The van der Waals surface area contributed by atoms with Gasteiger partial charge in [-0.25, -0.2) is 4.79 Å². The van der Waals surface area contributed by atoms with Gasteiger partial charge in [0.1, 0.15) is 0 Å². The van der Waals surface area contributed by atoms with Crippen LogP contribution in [-0.2, 0) is 4.79 Å². The molecule has 0 spiro atoms. The van der Waals surface area contributed by atoms with Crippen LogP contribution in [0.15, 0.2) is 72.8 Å². The van der Waals surface area contributed by atoms with Crippen LogP contribution in [0.4, 0.5) is 0 Å². The Labute approximate surface area is 123 Å². The maximum Gasteiger partial charge on any atom is 0.336 e. The van der Waals surface area contributed by atoms with Gasteiger partial charge in [-0.3, -0.25) is 0 Å². The summed E-state index contributed by atoms with van der Waals surface area (Å²) in [5.74, 6) is -0.922. The van der Waals surface area contributed by atoms with E-state index < -0.39 is 5.97 Å². The summed E-state index contributed by atoms with van der Waals surface area (Å²) in [6.07, 6.45) is 1.74. The monoisotopic (exact) mass is 274 g/mol. The van der Waals surface area contributed by atoms with E-state index in [4.69, 9.17) is 0 Å². The summed E-state index contributed by atoms with van der Waals surface area (Å²) in [6.45, 7) is 0. The zero-order valence-electron chi connectivity index (χ0n) is 11.4. The largest absolute Gasteiger partial charge is 0.478 e. The third-order valence-electron chi connectivity index (χ3n) is 3.44. The van der Waals surface area contributed by atoms with E-state index in [-0.39, 0.29) is 0 Å². The molecule has 0 radical (unpaired) electrons. The fraction of sp³-hybridized carbons (Fsp3) is 0. The normalized spacial score (nSPS) is 11.5. The topological polar surface area (TPSA) is 37.3 Å². The zero-order chi connectivity index (χ0) is 14.7. The maximum atomic E-state index is 11.6. The predicted molar refractivity (Wildman–Crippen MR) is 85.9 cm³/mol. The van der Waals surface area contributed by atoms with Crippen molar-refractivity contribution in [2.24, 2.45) is 0 Å². The molecule has 0 saturated heterocycles. The second-order valence-corrected chi connectivity index (χ2v) is 4.80. The van der Waals surface area contributed by atoms with Gasteiger partial charge in [0.25, 0.3) is 0 Å². The van der Waals surface area contributed by atoms with Gasteiger partial charge in [-0.05, 0) is 28.0 Å². The van der Waals surface area contributed by atoms with Gasteiger partial charge in [0.2, 0.25) is 0 Å². The van der Waals surface area contributed by atoms with Crippen molar-refractivity contribution in [3.63, 3.8) is 0 Å². The van der Waals surface area contributed by atoms with Gasteiger partial charge in [-0.2, -0.15) is 0 Å². The van der Waals surface area contributed by atoms with E-state index in [0.717, 1.165) is 16.3 Å². The number of hydrogen-bond donors (Lipinski definition) is 1. The van der Waals surface area contributed by atoms with E-state index in [9.17, 15) is 9.90 Å². The first-order chi connectivity index (χ1) is 10.3. The van der Waals surface area contributed by atoms with Gasteiger partial charge in [0.15, 0.2) is 0 Å². The zero-order valence-corrected chi connectivity index (χ0v) is 11.4. The molecule has 0 heterocycles. The maximum absolute atomic E-state index is 11.6. The van der Waals surface area contributed by atoms with Crippen LogP contribution in [0.25, 0.3) is 22.4 Å². The highest BCUT2D eigenvalue weighted by Crippen LogP contribution is 2.24. The van der Waals surface area contributed by atoms with Crippen LogP contribution in [-0.4, -0.2) is 11.1 Å². The molecule has 0 aliphatic heterocycles. The van der Waals surface area contributed by atoms with Crippen molar-refractivity contribution in [1.82, 2.24) is 0 Å². The molecule has 0 aliphatic rings. The molecule has 21 heavy (non-hydrogen) atoms. The third-order valence-corrected chi connectivity index (χ3v) is 3.44. The Balaban J connectivity index is 2.19. The number of fused-ring (bicyclic) bond motifs is 1. The Kier molecular flexibility index (Phi) is 3.52. The molecule has 0 amide bonds. The summed E-state index contributed by atoms with van der Waals surface area (Å²) >= 11 is 0. The molecule has 3 aromatic rings. The Morgan fingerprint density at radius 2 is 1.48 bits per heavy atom. The van der Waals surface area contributed by atoms with Crippen LogP contribution in [0.5, 0.6) is 0 Å². The number of rotatable bonds is 3. The minimum atomic E-state index is -0.922. The van der Waals surface area contributed by atoms with Crippen molar-refractivity contribution in [1.29, 1.82) is 0 Å². The van der Waals surface area contributed by atoms with Crippen LogP contribution >= 0.6 is 0 Å². The van der Waals surface area contributed by atoms with Crippen LogP contribution in [0.2, 0.25) is 0 Å². The average Bonchev–Trinajstić information content (AvgIpc) is 2.53. The molecule has 0 atom stereocenters. The van der Waals surface area contributed by atoms with Crippen molar-refractivity contribution in [3.8, 4) is 0 Å². The molecule has 2 nitrogen and oxygen atoms in total. The summed E-state index contributed by atoms with van der Waals surface area (Å²) in [7, 11) is 0. The van der Waals surface area contributed by atoms with Gasteiger partial charge in [0.05, 0.1) is 5.57 Å². The summed E-state index contributed by atoms with van der Waals surface area (Å²) in [4.78, 5) is 11.6. The predicted octanol–water partition coefficient (Wildman–Crippen LogP) is 4.47.